The molecular formula is C50H85NO5. The molecule has 0 aromatic heterocycles. The topological polar surface area (TPSA) is 95.9 Å². The summed E-state index contributed by atoms with van der Waals surface area (Å²) in [5.74, 6) is -0.603. The fourth-order valence-corrected chi connectivity index (χ4v) is 6.26. The summed E-state index contributed by atoms with van der Waals surface area (Å²) >= 11 is 0. The van der Waals surface area contributed by atoms with Crippen LogP contribution in [0, 0.1) is 0 Å². The SMILES string of the molecule is CC/C=C\C/C=C\C/C=C\C/C=C\C/C=C\C/C=C\CCC(=O)OC(CCCCC/C=C\CCCC)CC(=O)NC(CO)C(O)CCCCCCCCCCC. The second kappa shape index (κ2) is 43.2. The Morgan fingerprint density at radius 1 is 0.536 bits per heavy atom. The molecule has 0 aliphatic rings. The van der Waals surface area contributed by atoms with E-state index >= 15 is 0 Å². The summed E-state index contributed by atoms with van der Waals surface area (Å²) in [5, 5.41) is 23.5. The molecule has 3 N–H and O–H groups in total. The Morgan fingerprint density at radius 2 is 0.982 bits per heavy atom. The van der Waals surface area contributed by atoms with Crippen molar-refractivity contribution in [2.75, 3.05) is 6.61 Å². The van der Waals surface area contributed by atoms with E-state index in [1.54, 1.807) is 0 Å². The van der Waals surface area contributed by atoms with E-state index < -0.39 is 18.2 Å². The lowest BCUT2D eigenvalue weighted by molar-refractivity contribution is -0.150. The number of carbonyl (C=O) groups excluding carboxylic acids is 2. The van der Waals surface area contributed by atoms with Crippen molar-refractivity contribution in [2.24, 2.45) is 0 Å². The van der Waals surface area contributed by atoms with Crippen LogP contribution in [-0.4, -0.2) is 46.9 Å². The van der Waals surface area contributed by atoms with Gasteiger partial charge in [-0.1, -0.05) is 183 Å². The van der Waals surface area contributed by atoms with Crippen molar-refractivity contribution in [3.63, 3.8) is 0 Å². The zero-order valence-electron chi connectivity index (χ0n) is 36.2. The number of carbonyl (C=O) groups is 2. The molecule has 3 unspecified atom stereocenters. The zero-order chi connectivity index (χ0) is 41.0. The first-order valence-electron chi connectivity index (χ1n) is 22.8. The van der Waals surface area contributed by atoms with Gasteiger partial charge in [-0.25, -0.2) is 0 Å². The molecule has 0 radical (unpaired) electrons. The molecule has 0 heterocycles. The van der Waals surface area contributed by atoms with Gasteiger partial charge in [0.05, 0.1) is 25.2 Å². The van der Waals surface area contributed by atoms with Gasteiger partial charge in [0.1, 0.15) is 6.10 Å². The maximum atomic E-state index is 13.1. The van der Waals surface area contributed by atoms with Crippen molar-refractivity contribution in [1.29, 1.82) is 0 Å². The van der Waals surface area contributed by atoms with Crippen LogP contribution in [0.3, 0.4) is 0 Å². The van der Waals surface area contributed by atoms with Crippen molar-refractivity contribution < 1.29 is 24.5 Å². The van der Waals surface area contributed by atoms with E-state index in [9.17, 15) is 19.8 Å². The molecule has 0 aromatic rings. The van der Waals surface area contributed by atoms with Crippen LogP contribution >= 0.6 is 0 Å². The minimum Gasteiger partial charge on any atom is -0.462 e. The number of aliphatic hydroxyl groups excluding tert-OH is 2. The predicted molar refractivity (Wildman–Crippen MR) is 241 cm³/mol. The van der Waals surface area contributed by atoms with Gasteiger partial charge in [-0.2, -0.15) is 0 Å². The quantitative estimate of drug-likeness (QED) is 0.0328. The van der Waals surface area contributed by atoms with Crippen molar-refractivity contribution in [2.45, 2.75) is 212 Å². The molecule has 0 bridgehead atoms. The molecule has 0 rings (SSSR count). The summed E-state index contributed by atoms with van der Waals surface area (Å²) in [6.07, 6.45) is 55.2. The number of hydrogen-bond donors (Lipinski definition) is 3. The Morgan fingerprint density at radius 3 is 1.52 bits per heavy atom. The third-order valence-corrected chi connectivity index (χ3v) is 9.72. The third kappa shape index (κ3) is 37.9. The average Bonchev–Trinajstić information content (AvgIpc) is 3.19. The molecule has 6 heteroatoms. The van der Waals surface area contributed by atoms with Crippen molar-refractivity contribution in [3.8, 4) is 0 Å². The number of amides is 1. The highest BCUT2D eigenvalue weighted by Crippen LogP contribution is 2.16. The molecule has 3 atom stereocenters. The van der Waals surface area contributed by atoms with Crippen LogP contribution in [-0.2, 0) is 14.3 Å². The Labute approximate surface area is 344 Å². The van der Waals surface area contributed by atoms with E-state index in [-0.39, 0.29) is 31.3 Å². The highest BCUT2D eigenvalue weighted by molar-refractivity contribution is 5.77. The number of ether oxygens (including phenoxy) is 1. The van der Waals surface area contributed by atoms with Crippen LogP contribution < -0.4 is 5.32 Å². The Kier molecular flexibility index (Phi) is 40.9. The highest BCUT2D eigenvalue weighted by Gasteiger charge is 2.23. The second-order valence-electron chi connectivity index (χ2n) is 15.1. The molecule has 320 valence electrons. The summed E-state index contributed by atoms with van der Waals surface area (Å²) in [4.78, 5) is 25.9. The number of unbranched alkanes of at least 4 members (excludes halogenated alkanes) is 13. The van der Waals surface area contributed by atoms with Crippen LogP contribution in [0.15, 0.2) is 85.1 Å². The molecule has 0 fully saturated rings. The normalized spacial score (nSPS) is 14.2. The summed E-state index contributed by atoms with van der Waals surface area (Å²) < 4.78 is 5.83. The van der Waals surface area contributed by atoms with Gasteiger partial charge in [0.2, 0.25) is 5.91 Å². The zero-order valence-corrected chi connectivity index (χ0v) is 36.2. The summed E-state index contributed by atoms with van der Waals surface area (Å²) in [7, 11) is 0. The number of aliphatic hydroxyl groups is 2. The molecule has 1 amide bonds. The van der Waals surface area contributed by atoms with Crippen LogP contribution in [0.1, 0.15) is 194 Å². The maximum Gasteiger partial charge on any atom is 0.306 e. The molecule has 56 heavy (non-hydrogen) atoms. The largest absolute Gasteiger partial charge is 0.462 e. The van der Waals surface area contributed by atoms with E-state index in [1.165, 1.54) is 51.4 Å². The molecule has 6 nitrogen and oxygen atoms in total. The summed E-state index contributed by atoms with van der Waals surface area (Å²) in [6, 6.07) is -0.722. The van der Waals surface area contributed by atoms with E-state index in [4.69, 9.17) is 4.74 Å². The maximum absolute atomic E-state index is 13.1. The molecule has 0 spiro atoms. The van der Waals surface area contributed by atoms with Crippen LogP contribution in [0.2, 0.25) is 0 Å². The minimum atomic E-state index is -0.804. The van der Waals surface area contributed by atoms with Gasteiger partial charge >= 0.3 is 5.97 Å². The van der Waals surface area contributed by atoms with Crippen molar-refractivity contribution in [3.05, 3.63) is 85.1 Å². The second-order valence-corrected chi connectivity index (χ2v) is 15.1. The van der Waals surface area contributed by atoms with Gasteiger partial charge in [0, 0.05) is 6.42 Å². The first-order valence-corrected chi connectivity index (χ1v) is 22.8. The monoisotopic (exact) mass is 780 g/mol. The van der Waals surface area contributed by atoms with Gasteiger partial charge < -0.3 is 20.3 Å². The molecule has 0 saturated heterocycles. The summed E-state index contributed by atoms with van der Waals surface area (Å²) in [5.41, 5.74) is 0. The molecule has 0 aliphatic heterocycles. The molecule has 0 saturated carbocycles. The number of allylic oxidation sites excluding steroid dienone is 14. The Hall–Kier alpha value is -2.96. The van der Waals surface area contributed by atoms with Gasteiger partial charge in [0.25, 0.3) is 0 Å². The van der Waals surface area contributed by atoms with Crippen LogP contribution in [0.25, 0.3) is 0 Å². The molecule has 0 aromatic carbocycles. The van der Waals surface area contributed by atoms with Gasteiger partial charge in [-0.05, 0) is 83.5 Å². The number of hydrogen-bond acceptors (Lipinski definition) is 5. The van der Waals surface area contributed by atoms with Gasteiger partial charge in [0.15, 0.2) is 0 Å². The summed E-state index contributed by atoms with van der Waals surface area (Å²) in [6.45, 7) is 6.25. The van der Waals surface area contributed by atoms with E-state index in [2.05, 4.69) is 105 Å². The number of esters is 1. The molecular weight excluding hydrogens is 695 g/mol. The molecule has 0 aliphatic carbocycles. The van der Waals surface area contributed by atoms with E-state index in [0.29, 0.717) is 19.3 Å². The van der Waals surface area contributed by atoms with Crippen LogP contribution in [0.5, 0.6) is 0 Å². The standard InChI is InChI=1S/C50H85NO5/c1-4-7-10-13-16-19-20-21-22-23-24-25-26-27-28-31-34-37-40-43-50(55)56-46(41-38-35-32-29-17-14-11-8-5-2)44-49(54)51-47(45-52)48(53)42-39-36-33-30-18-15-12-9-6-3/h7,10,14,16-17,19,21-22,24-25,27-28,34,37,46-48,52-53H,4-6,8-9,11-13,15,18,20,23,26,29-33,35-36,38-45H2,1-3H3,(H,51,54)/b10-7-,17-14-,19-16-,22-21-,25-24-,28-27-,37-34-. The van der Waals surface area contributed by atoms with E-state index in [1.807, 2.05) is 6.08 Å². The lowest BCUT2D eigenvalue weighted by Gasteiger charge is -2.24. The Balaban J connectivity index is 4.66. The fourth-order valence-electron chi connectivity index (χ4n) is 6.26. The fraction of sp³-hybridized carbons (Fsp3) is 0.680. The number of nitrogens with one attached hydrogen (secondary N) is 1. The lowest BCUT2D eigenvalue weighted by atomic mass is 10.0. The van der Waals surface area contributed by atoms with Gasteiger partial charge in [-0.15, -0.1) is 0 Å². The number of rotatable bonds is 39. The average molecular weight is 780 g/mol. The first kappa shape index (κ1) is 53.0. The lowest BCUT2D eigenvalue weighted by Crippen LogP contribution is -2.46. The first-order chi connectivity index (χ1) is 27.5. The van der Waals surface area contributed by atoms with Gasteiger partial charge in [-0.3, -0.25) is 9.59 Å². The predicted octanol–water partition coefficient (Wildman–Crippen LogP) is 13.2. The van der Waals surface area contributed by atoms with E-state index in [0.717, 1.165) is 89.9 Å². The third-order valence-electron chi connectivity index (χ3n) is 9.72. The smallest absolute Gasteiger partial charge is 0.306 e. The van der Waals surface area contributed by atoms with Crippen molar-refractivity contribution in [1.82, 2.24) is 5.32 Å². The van der Waals surface area contributed by atoms with Crippen molar-refractivity contribution >= 4 is 11.9 Å². The highest BCUT2D eigenvalue weighted by atomic mass is 16.5. The minimum absolute atomic E-state index is 0.0316. The Bertz CT molecular complexity index is 1100. The van der Waals surface area contributed by atoms with Crippen LogP contribution in [0.4, 0.5) is 0 Å².